The largest absolute Gasteiger partial charge is 0.395 e. The van der Waals surface area contributed by atoms with Crippen LogP contribution in [0.2, 0.25) is 0 Å². The Hall–Kier alpha value is -3.28. The number of amides is 1. The molecule has 1 saturated carbocycles. The number of β-amino-alcohol motifs (C(OH)–C–C–N with tert-alkyl or cyclic N) is 1. The molecule has 3 aromatic rings. The van der Waals surface area contributed by atoms with Gasteiger partial charge in [0, 0.05) is 73.2 Å². The third-order valence-corrected chi connectivity index (χ3v) is 8.28. The van der Waals surface area contributed by atoms with Gasteiger partial charge in [0.05, 0.1) is 12.3 Å². The number of nitrogens with one attached hydrogen (secondary N) is 2. The molecular formula is C27H32N8O2S. The lowest BCUT2D eigenvalue weighted by atomic mass is 9.95. The fourth-order valence-electron chi connectivity index (χ4n) is 4.94. The smallest absolute Gasteiger partial charge is 0.251 e. The van der Waals surface area contributed by atoms with Gasteiger partial charge in [-0.1, -0.05) is 12.1 Å². The van der Waals surface area contributed by atoms with Crippen molar-refractivity contribution in [2.45, 2.75) is 36.6 Å². The Morgan fingerprint density at radius 2 is 1.97 bits per heavy atom. The van der Waals surface area contributed by atoms with Gasteiger partial charge in [-0.3, -0.25) is 9.69 Å². The van der Waals surface area contributed by atoms with E-state index in [1.54, 1.807) is 11.8 Å². The highest BCUT2D eigenvalue weighted by Gasteiger charge is 2.29. The van der Waals surface area contributed by atoms with Crippen molar-refractivity contribution in [2.24, 2.45) is 0 Å². The number of rotatable bonds is 8. The number of aliphatic hydroxyl groups excluding tert-OH is 1. The van der Waals surface area contributed by atoms with E-state index in [0.29, 0.717) is 35.7 Å². The van der Waals surface area contributed by atoms with E-state index in [0.717, 1.165) is 66.7 Å². The molecule has 1 atom stereocenters. The Bertz CT molecular complexity index is 1330. The van der Waals surface area contributed by atoms with Crippen LogP contribution in [0.3, 0.4) is 0 Å². The second-order valence-electron chi connectivity index (χ2n) is 10.0. The molecule has 11 heteroatoms. The Labute approximate surface area is 226 Å². The fourth-order valence-corrected chi connectivity index (χ4v) is 6.10. The first-order chi connectivity index (χ1) is 18.6. The highest BCUT2D eigenvalue weighted by molar-refractivity contribution is 7.99. The first kappa shape index (κ1) is 25.0. The van der Waals surface area contributed by atoms with Crippen molar-refractivity contribution < 1.29 is 9.90 Å². The Balaban J connectivity index is 1.19. The second kappa shape index (κ2) is 10.8. The first-order valence-corrected chi connectivity index (χ1v) is 14.2. The molecule has 1 aromatic carbocycles. The lowest BCUT2D eigenvalue weighted by Crippen LogP contribution is -2.47. The van der Waals surface area contributed by atoms with Gasteiger partial charge in [0.2, 0.25) is 5.95 Å². The zero-order chi connectivity index (χ0) is 26.1. The summed E-state index contributed by atoms with van der Waals surface area (Å²) < 4.78 is 0. The molecule has 0 bridgehead atoms. The molecule has 10 nitrogen and oxygen atoms in total. The number of aromatic nitrogens is 4. The normalized spacial score (nSPS) is 19.3. The molecule has 198 valence electrons. The van der Waals surface area contributed by atoms with Crippen LogP contribution in [0.4, 0.5) is 17.6 Å². The number of fused-ring (bicyclic) bond motifs is 1. The van der Waals surface area contributed by atoms with E-state index in [9.17, 15) is 9.90 Å². The van der Waals surface area contributed by atoms with E-state index in [2.05, 4.69) is 41.5 Å². The molecular weight excluding hydrogens is 500 g/mol. The van der Waals surface area contributed by atoms with Crippen molar-refractivity contribution in [3.63, 3.8) is 0 Å². The Morgan fingerprint density at radius 3 is 2.76 bits per heavy atom. The van der Waals surface area contributed by atoms with Crippen LogP contribution in [0.1, 0.15) is 46.2 Å². The molecule has 0 radical (unpaired) electrons. The van der Waals surface area contributed by atoms with Crippen molar-refractivity contribution in [2.75, 3.05) is 55.3 Å². The minimum atomic E-state index is -0.00462. The average molecular weight is 533 g/mol. The predicted molar refractivity (Wildman–Crippen MR) is 147 cm³/mol. The van der Waals surface area contributed by atoms with E-state index in [-0.39, 0.29) is 18.4 Å². The molecule has 1 aliphatic carbocycles. The maximum Gasteiger partial charge on any atom is 0.251 e. The van der Waals surface area contributed by atoms with Crippen molar-refractivity contribution in [3.8, 4) is 0 Å². The molecule has 6 rings (SSSR count). The summed E-state index contributed by atoms with van der Waals surface area (Å²) in [5.41, 5.74) is 2.75. The van der Waals surface area contributed by atoms with Crippen LogP contribution in [0.25, 0.3) is 0 Å². The number of anilines is 3. The highest BCUT2D eigenvalue weighted by atomic mass is 32.2. The van der Waals surface area contributed by atoms with Crippen molar-refractivity contribution in [3.05, 3.63) is 59.2 Å². The minimum absolute atomic E-state index is 0.00462. The van der Waals surface area contributed by atoms with Gasteiger partial charge in [-0.15, -0.1) is 11.8 Å². The average Bonchev–Trinajstić information content (AvgIpc) is 3.64. The van der Waals surface area contributed by atoms with Crippen LogP contribution in [-0.4, -0.2) is 87.0 Å². The van der Waals surface area contributed by atoms with Crippen molar-refractivity contribution in [1.82, 2.24) is 30.2 Å². The molecule has 1 amide bonds. The summed E-state index contributed by atoms with van der Waals surface area (Å²) in [4.78, 5) is 36.8. The molecule has 4 heterocycles. The molecule has 1 saturated heterocycles. The van der Waals surface area contributed by atoms with Crippen LogP contribution < -0.4 is 15.5 Å². The molecule has 2 fully saturated rings. The number of nitrogens with zero attached hydrogens (tertiary/aromatic N) is 6. The van der Waals surface area contributed by atoms with Crippen LogP contribution in [0, 0.1) is 6.92 Å². The van der Waals surface area contributed by atoms with Crippen LogP contribution in [0.15, 0.2) is 41.4 Å². The molecule has 2 aliphatic heterocycles. The molecule has 3 aliphatic rings. The van der Waals surface area contributed by atoms with Gasteiger partial charge in [-0.05, 0) is 37.5 Å². The Kier molecular flexibility index (Phi) is 7.14. The number of hydrogen-bond acceptors (Lipinski definition) is 10. The minimum Gasteiger partial charge on any atom is -0.395 e. The standard InChI is InChI=1S/C27H32N8O2S/c1-17-29-23(14-24(30-17)35-9-7-34(8-10-35)11-12-36)32-27-28-15-22-25(33-27)21(16-38-22)18-3-2-4-19(13-18)26(37)31-20-5-6-20/h2-4,13-15,20-21,36H,5-12,16H2,1H3,(H,31,37)(H,28,29,30,32,33). The summed E-state index contributed by atoms with van der Waals surface area (Å²) in [5, 5.41) is 15.6. The SMILES string of the molecule is Cc1nc(Nc2ncc3c(n2)C(c2cccc(C(=O)NC4CC4)c2)CS3)cc(N2CCN(CCO)CC2)n1. The van der Waals surface area contributed by atoms with Gasteiger partial charge >= 0.3 is 0 Å². The number of aliphatic hydroxyl groups is 1. The van der Waals surface area contributed by atoms with Crippen LogP contribution in [0.5, 0.6) is 0 Å². The third kappa shape index (κ3) is 5.59. The summed E-state index contributed by atoms with van der Waals surface area (Å²) in [7, 11) is 0. The Morgan fingerprint density at radius 1 is 1.13 bits per heavy atom. The van der Waals surface area contributed by atoms with Crippen LogP contribution >= 0.6 is 11.8 Å². The summed E-state index contributed by atoms with van der Waals surface area (Å²) in [5.74, 6) is 3.65. The molecule has 2 aromatic heterocycles. The predicted octanol–water partition coefficient (Wildman–Crippen LogP) is 2.56. The number of benzene rings is 1. The summed E-state index contributed by atoms with van der Waals surface area (Å²) in [6, 6.07) is 10.2. The van der Waals surface area contributed by atoms with E-state index in [1.165, 1.54) is 0 Å². The quantitative estimate of drug-likeness (QED) is 0.399. The zero-order valence-electron chi connectivity index (χ0n) is 21.4. The van der Waals surface area contributed by atoms with Gasteiger partial charge in [0.15, 0.2) is 0 Å². The van der Waals surface area contributed by atoms with E-state index < -0.39 is 0 Å². The first-order valence-electron chi connectivity index (χ1n) is 13.2. The molecule has 3 N–H and O–H groups in total. The van der Waals surface area contributed by atoms with Crippen molar-refractivity contribution >= 4 is 35.3 Å². The van der Waals surface area contributed by atoms with Gasteiger partial charge < -0.3 is 20.6 Å². The number of aryl methyl sites for hydroxylation is 1. The topological polar surface area (TPSA) is 119 Å². The second-order valence-corrected chi connectivity index (χ2v) is 11.1. The number of hydrogen-bond donors (Lipinski definition) is 3. The van der Waals surface area contributed by atoms with Gasteiger partial charge in [-0.2, -0.15) is 0 Å². The molecule has 1 unspecified atom stereocenters. The lowest BCUT2D eigenvalue weighted by Gasteiger charge is -2.35. The summed E-state index contributed by atoms with van der Waals surface area (Å²) >= 11 is 1.74. The van der Waals surface area contributed by atoms with E-state index in [4.69, 9.17) is 4.98 Å². The van der Waals surface area contributed by atoms with Crippen LogP contribution in [-0.2, 0) is 0 Å². The molecule has 0 spiro atoms. The maximum atomic E-state index is 12.6. The summed E-state index contributed by atoms with van der Waals surface area (Å²) in [6.45, 7) is 6.26. The van der Waals surface area contributed by atoms with Gasteiger partial charge in [0.1, 0.15) is 17.5 Å². The monoisotopic (exact) mass is 532 g/mol. The highest BCUT2D eigenvalue weighted by Crippen LogP contribution is 2.42. The van der Waals surface area contributed by atoms with Crippen molar-refractivity contribution in [1.29, 1.82) is 0 Å². The van der Waals surface area contributed by atoms with Gasteiger partial charge in [0.25, 0.3) is 5.91 Å². The lowest BCUT2D eigenvalue weighted by molar-refractivity contribution is 0.0951. The number of piperazine rings is 1. The fraction of sp³-hybridized carbons (Fsp3) is 0.444. The molecule has 38 heavy (non-hydrogen) atoms. The van der Waals surface area contributed by atoms with E-state index >= 15 is 0 Å². The van der Waals surface area contributed by atoms with E-state index in [1.807, 2.05) is 37.4 Å². The number of carbonyl (C=O) groups is 1. The number of carbonyl (C=O) groups excluding carboxylic acids is 1. The number of thioether (sulfide) groups is 1. The maximum absolute atomic E-state index is 12.6. The summed E-state index contributed by atoms with van der Waals surface area (Å²) in [6.07, 6.45) is 4.01. The van der Waals surface area contributed by atoms with Gasteiger partial charge in [-0.25, -0.2) is 19.9 Å². The third-order valence-electron chi connectivity index (χ3n) is 7.16. The zero-order valence-corrected chi connectivity index (χ0v) is 22.2.